The Morgan fingerprint density at radius 2 is 2.26 bits per heavy atom. The predicted octanol–water partition coefficient (Wildman–Crippen LogP) is 2.62. The van der Waals surface area contributed by atoms with Gasteiger partial charge in [0.2, 0.25) is 0 Å². The number of hydrogen-bond acceptors (Lipinski definition) is 3. The fourth-order valence-corrected chi connectivity index (χ4v) is 2.77. The first kappa shape index (κ1) is 15.6. The largest absolute Gasteiger partial charge is 0.376 e. The summed E-state index contributed by atoms with van der Waals surface area (Å²) in [6.45, 7) is 1.22. The molecule has 0 spiro atoms. The number of carbonyl (C=O) groups is 1. The van der Waals surface area contributed by atoms with Crippen LogP contribution in [0.2, 0.25) is 0 Å². The smallest absolute Gasteiger partial charge is 0.319 e. The summed E-state index contributed by atoms with van der Waals surface area (Å²) in [5.41, 5.74) is 1.69. The van der Waals surface area contributed by atoms with Crippen molar-refractivity contribution in [2.45, 2.75) is 31.4 Å². The molecule has 0 unspecified atom stereocenters. The Balaban J connectivity index is 1.54. The number of carbonyl (C=O) groups excluding carboxylic acids is 1. The number of aromatic nitrogens is 2. The van der Waals surface area contributed by atoms with Gasteiger partial charge in [0.05, 0.1) is 12.1 Å². The van der Waals surface area contributed by atoms with Gasteiger partial charge in [0.15, 0.2) is 0 Å². The van der Waals surface area contributed by atoms with Crippen molar-refractivity contribution in [3.8, 4) is 0 Å². The Morgan fingerprint density at radius 3 is 2.91 bits per heavy atom. The van der Waals surface area contributed by atoms with Crippen molar-refractivity contribution in [2.75, 3.05) is 19.0 Å². The number of methoxy groups -OCH3 is 1. The van der Waals surface area contributed by atoms with Gasteiger partial charge in [0.25, 0.3) is 0 Å². The van der Waals surface area contributed by atoms with Crippen molar-refractivity contribution in [3.63, 3.8) is 0 Å². The van der Waals surface area contributed by atoms with Crippen LogP contribution in [0.1, 0.15) is 24.8 Å². The highest BCUT2D eigenvalue weighted by Gasteiger charge is 2.37. The topological polar surface area (TPSA) is 68.2 Å². The van der Waals surface area contributed by atoms with Crippen molar-refractivity contribution in [3.05, 3.63) is 48.3 Å². The van der Waals surface area contributed by atoms with Gasteiger partial charge in [-0.3, -0.25) is 4.68 Å². The summed E-state index contributed by atoms with van der Waals surface area (Å²) in [6, 6.07) is 9.46. The van der Waals surface area contributed by atoms with Gasteiger partial charge in [-0.05, 0) is 43.0 Å². The molecule has 0 atom stereocenters. The normalized spacial score (nSPS) is 15.7. The van der Waals surface area contributed by atoms with Crippen LogP contribution in [-0.4, -0.2) is 35.1 Å². The zero-order chi connectivity index (χ0) is 16.1. The van der Waals surface area contributed by atoms with E-state index in [0.717, 1.165) is 30.5 Å². The van der Waals surface area contributed by atoms with Crippen molar-refractivity contribution in [1.82, 2.24) is 15.1 Å². The van der Waals surface area contributed by atoms with Gasteiger partial charge < -0.3 is 15.4 Å². The zero-order valence-corrected chi connectivity index (χ0v) is 13.3. The van der Waals surface area contributed by atoms with E-state index >= 15 is 0 Å². The van der Waals surface area contributed by atoms with E-state index in [2.05, 4.69) is 15.7 Å². The lowest BCUT2D eigenvalue weighted by molar-refractivity contribution is -0.0671. The SMILES string of the molecule is COC1(CNC(=O)Nc2cccc(Cn3cccn3)c2)CCC1. The van der Waals surface area contributed by atoms with Crippen molar-refractivity contribution < 1.29 is 9.53 Å². The molecule has 2 N–H and O–H groups in total. The second-order valence-corrected chi connectivity index (χ2v) is 5.95. The van der Waals surface area contributed by atoms with Crippen molar-refractivity contribution >= 4 is 11.7 Å². The van der Waals surface area contributed by atoms with E-state index in [9.17, 15) is 4.79 Å². The number of benzene rings is 1. The van der Waals surface area contributed by atoms with Crippen LogP contribution in [0.25, 0.3) is 0 Å². The van der Waals surface area contributed by atoms with Crippen molar-refractivity contribution in [2.24, 2.45) is 0 Å². The van der Waals surface area contributed by atoms with Gasteiger partial charge in [-0.25, -0.2) is 4.79 Å². The van der Waals surface area contributed by atoms with Crippen LogP contribution in [0.3, 0.4) is 0 Å². The zero-order valence-electron chi connectivity index (χ0n) is 13.3. The lowest BCUT2D eigenvalue weighted by Gasteiger charge is -2.40. The third kappa shape index (κ3) is 3.90. The summed E-state index contributed by atoms with van der Waals surface area (Å²) < 4.78 is 7.35. The Kier molecular flexibility index (Phi) is 4.62. The predicted molar refractivity (Wildman–Crippen MR) is 88.4 cm³/mol. The molecule has 1 aromatic carbocycles. The lowest BCUT2D eigenvalue weighted by Crippen LogP contribution is -2.50. The van der Waals surface area contributed by atoms with Crippen LogP contribution in [0.15, 0.2) is 42.7 Å². The third-order valence-electron chi connectivity index (χ3n) is 4.36. The number of urea groups is 1. The molecule has 0 bridgehead atoms. The van der Waals surface area contributed by atoms with E-state index in [1.807, 2.05) is 41.2 Å². The maximum Gasteiger partial charge on any atom is 0.319 e. The summed E-state index contributed by atoms with van der Waals surface area (Å²) in [5, 5.41) is 9.96. The molecule has 0 radical (unpaired) electrons. The van der Waals surface area contributed by atoms with E-state index in [1.165, 1.54) is 0 Å². The molecule has 1 aliphatic carbocycles. The number of hydrogen-bond donors (Lipinski definition) is 2. The minimum atomic E-state index is -0.204. The Hall–Kier alpha value is -2.34. The average molecular weight is 314 g/mol. The second kappa shape index (κ2) is 6.83. The highest BCUT2D eigenvalue weighted by atomic mass is 16.5. The first-order chi connectivity index (χ1) is 11.2. The molecule has 1 aromatic heterocycles. The molecule has 6 heteroatoms. The quantitative estimate of drug-likeness (QED) is 0.861. The first-order valence-electron chi connectivity index (χ1n) is 7.85. The summed E-state index contributed by atoms with van der Waals surface area (Å²) in [4.78, 5) is 12.0. The summed E-state index contributed by atoms with van der Waals surface area (Å²) in [7, 11) is 1.71. The van der Waals surface area contributed by atoms with E-state index in [1.54, 1.807) is 13.3 Å². The number of amides is 2. The van der Waals surface area contributed by atoms with Gasteiger partial charge in [0.1, 0.15) is 0 Å². The number of rotatable bonds is 6. The fourth-order valence-electron chi connectivity index (χ4n) is 2.77. The molecule has 2 amide bonds. The van der Waals surface area contributed by atoms with Crippen LogP contribution in [0.5, 0.6) is 0 Å². The molecule has 2 aromatic rings. The lowest BCUT2D eigenvalue weighted by atomic mass is 9.80. The van der Waals surface area contributed by atoms with Gasteiger partial charge in [0, 0.05) is 31.7 Å². The van der Waals surface area contributed by atoms with Gasteiger partial charge in [-0.1, -0.05) is 12.1 Å². The molecule has 6 nitrogen and oxygen atoms in total. The van der Waals surface area contributed by atoms with Crippen LogP contribution in [-0.2, 0) is 11.3 Å². The van der Waals surface area contributed by atoms with Gasteiger partial charge in [-0.2, -0.15) is 5.10 Å². The molecule has 0 aliphatic heterocycles. The molecule has 0 saturated heterocycles. The van der Waals surface area contributed by atoms with E-state index in [0.29, 0.717) is 13.1 Å². The van der Waals surface area contributed by atoms with E-state index in [4.69, 9.17) is 4.74 Å². The molecule has 23 heavy (non-hydrogen) atoms. The number of anilines is 1. The monoisotopic (exact) mass is 314 g/mol. The summed E-state index contributed by atoms with van der Waals surface area (Å²) in [5.74, 6) is 0. The highest BCUT2D eigenvalue weighted by molar-refractivity contribution is 5.89. The van der Waals surface area contributed by atoms with Crippen LogP contribution >= 0.6 is 0 Å². The fraction of sp³-hybridized carbons (Fsp3) is 0.412. The Morgan fingerprint density at radius 1 is 1.39 bits per heavy atom. The number of nitrogens with one attached hydrogen (secondary N) is 2. The molecule has 3 rings (SSSR count). The number of ether oxygens (including phenoxy) is 1. The average Bonchev–Trinajstić information content (AvgIpc) is 3.00. The molecule has 1 fully saturated rings. The maximum atomic E-state index is 12.0. The van der Waals surface area contributed by atoms with Crippen molar-refractivity contribution in [1.29, 1.82) is 0 Å². The summed E-state index contributed by atoms with van der Waals surface area (Å²) >= 11 is 0. The maximum absolute atomic E-state index is 12.0. The molecule has 1 aliphatic rings. The summed E-state index contributed by atoms with van der Waals surface area (Å²) in [6.07, 6.45) is 6.83. The van der Waals surface area contributed by atoms with Crippen LogP contribution in [0, 0.1) is 0 Å². The molecular weight excluding hydrogens is 292 g/mol. The van der Waals surface area contributed by atoms with Crippen LogP contribution < -0.4 is 10.6 Å². The molecular formula is C17H22N4O2. The minimum absolute atomic E-state index is 0.167. The molecule has 1 saturated carbocycles. The van der Waals surface area contributed by atoms with E-state index in [-0.39, 0.29) is 11.6 Å². The third-order valence-corrected chi connectivity index (χ3v) is 4.36. The Bertz CT molecular complexity index is 645. The number of nitrogens with zero attached hydrogens (tertiary/aromatic N) is 2. The minimum Gasteiger partial charge on any atom is -0.376 e. The first-order valence-corrected chi connectivity index (χ1v) is 7.85. The Labute approximate surface area is 135 Å². The van der Waals surface area contributed by atoms with Gasteiger partial charge in [-0.15, -0.1) is 0 Å². The molecule has 1 heterocycles. The standard InChI is InChI=1S/C17H22N4O2/c1-23-17(7-3-8-17)13-18-16(22)20-15-6-2-5-14(11-15)12-21-10-4-9-19-21/h2,4-6,9-11H,3,7-8,12-13H2,1H3,(H2,18,20,22). The second-order valence-electron chi connectivity index (χ2n) is 5.95. The van der Waals surface area contributed by atoms with Crippen LogP contribution in [0.4, 0.5) is 10.5 Å². The van der Waals surface area contributed by atoms with E-state index < -0.39 is 0 Å². The highest BCUT2D eigenvalue weighted by Crippen LogP contribution is 2.34. The molecule has 122 valence electrons. The van der Waals surface area contributed by atoms with Gasteiger partial charge >= 0.3 is 6.03 Å².